The molecule has 0 saturated heterocycles. The predicted molar refractivity (Wildman–Crippen MR) is 192 cm³/mol. The quantitative estimate of drug-likeness (QED) is 0.104. The number of aromatic nitrogens is 4. The first-order chi connectivity index (χ1) is 25.9. The number of halogens is 5. The molecule has 0 aliphatic rings. The van der Waals surface area contributed by atoms with Crippen molar-refractivity contribution in [3.05, 3.63) is 159 Å². The van der Waals surface area contributed by atoms with Gasteiger partial charge in [-0.1, -0.05) is 84.4 Å². The number of anilines is 1. The number of ether oxygens (including phenoxy) is 2. The third-order valence-corrected chi connectivity index (χ3v) is 8.69. The summed E-state index contributed by atoms with van der Waals surface area (Å²) in [5, 5.41) is 9.61. The third kappa shape index (κ3) is 8.03. The Morgan fingerprint density at radius 2 is 1.56 bits per heavy atom. The molecule has 1 amide bonds. The van der Waals surface area contributed by atoms with Gasteiger partial charge >= 0.3 is 12.1 Å². The van der Waals surface area contributed by atoms with Crippen molar-refractivity contribution in [1.29, 1.82) is 0 Å². The summed E-state index contributed by atoms with van der Waals surface area (Å²) in [5.41, 5.74) is -0.372. The van der Waals surface area contributed by atoms with Gasteiger partial charge in [-0.2, -0.15) is 13.2 Å². The van der Waals surface area contributed by atoms with Crippen molar-refractivity contribution >= 4 is 29.2 Å². The number of nitrogens with zero attached hydrogens (tertiary/aromatic N) is 4. The van der Waals surface area contributed by atoms with E-state index >= 15 is 4.39 Å². The van der Waals surface area contributed by atoms with Crippen molar-refractivity contribution in [1.82, 2.24) is 19.6 Å². The highest BCUT2D eigenvalue weighted by Crippen LogP contribution is 2.36. The lowest BCUT2D eigenvalue weighted by molar-refractivity contribution is -0.141. The van der Waals surface area contributed by atoms with E-state index < -0.39 is 47.3 Å². The van der Waals surface area contributed by atoms with E-state index in [1.165, 1.54) is 43.6 Å². The summed E-state index contributed by atoms with van der Waals surface area (Å²) >= 11 is 6.25. The number of nitrogens with one attached hydrogen (secondary N) is 1. The molecule has 276 valence electrons. The van der Waals surface area contributed by atoms with Gasteiger partial charge < -0.3 is 14.8 Å². The maximum absolute atomic E-state index is 15.4. The van der Waals surface area contributed by atoms with Gasteiger partial charge in [0.15, 0.2) is 11.8 Å². The van der Waals surface area contributed by atoms with Gasteiger partial charge in [0.05, 0.1) is 30.8 Å². The van der Waals surface area contributed by atoms with Crippen molar-refractivity contribution in [2.24, 2.45) is 0 Å². The molecule has 0 spiro atoms. The van der Waals surface area contributed by atoms with E-state index in [1.54, 1.807) is 55.5 Å². The molecule has 0 aliphatic carbocycles. The van der Waals surface area contributed by atoms with Crippen LogP contribution in [0, 0.1) is 5.82 Å². The van der Waals surface area contributed by atoms with Crippen LogP contribution < -0.4 is 15.6 Å². The lowest BCUT2D eigenvalue weighted by Crippen LogP contribution is -2.32. The van der Waals surface area contributed by atoms with E-state index in [9.17, 15) is 27.6 Å². The Labute approximate surface area is 310 Å². The minimum Gasteiger partial charge on any atom is -0.495 e. The van der Waals surface area contributed by atoms with Gasteiger partial charge in [-0.05, 0) is 53.9 Å². The Kier molecular flexibility index (Phi) is 10.9. The number of benzene rings is 4. The van der Waals surface area contributed by atoms with E-state index in [0.717, 1.165) is 21.4 Å². The van der Waals surface area contributed by atoms with Crippen LogP contribution in [0.1, 0.15) is 52.7 Å². The molecular formula is C39H30ClF4N5O5. The van der Waals surface area contributed by atoms with Gasteiger partial charge in [-0.25, -0.2) is 13.9 Å². The molecule has 2 heterocycles. The molecule has 0 fully saturated rings. The van der Waals surface area contributed by atoms with E-state index in [2.05, 4.69) is 15.6 Å². The molecule has 0 aliphatic heterocycles. The fourth-order valence-electron chi connectivity index (χ4n) is 5.83. The Morgan fingerprint density at radius 1 is 0.889 bits per heavy atom. The van der Waals surface area contributed by atoms with Crippen LogP contribution in [0.4, 0.5) is 23.2 Å². The van der Waals surface area contributed by atoms with Crippen molar-refractivity contribution in [3.63, 3.8) is 0 Å². The smallest absolute Gasteiger partial charge is 0.436 e. The molecule has 1 N–H and O–H groups in total. The topological polar surface area (TPSA) is 117 Å². The molecule has 15 heteroatoms. The predicted octanol–water partition coefficient (Wildman–Crippen LogP) is 8.45. The summed E-state index contributed by atoms with van der Waals surface area (Å²) in [6, 6.07) is 25.8. The first-order valence-electron chi connectivity index (χ1n) is 16.4. The Morgan fingerprint density at radius 3 is 2.13 bits per heavy atom. The molecule has 0 bridgehead atoms. The molecule has 54 heavy (non-hydrogen) atoms. The number of carbonyl (C=O) groups is 2. The molecular weight excluding hydrogens is 730 g/mol. The molecule has 6 aromatic rings. The maximum Gasteiger partial charge on any atom is 0.436 e. The second-order valence-electron chi connectivity index (χ2n) is 11.9. The summed E-state index contributed by atoms with van der Waals surface area (Å²) in [6.07, 6.45) is -3.45. The van der Waals surface area contributed by atoms with Crippen molar-refractivity contribution < 1.29 is 36.6 Å². The van der Waals surface area contributed by atoms with Crippen molar-refractivity contribution in [2.45, 2.75) is 31.7 Å². The second-order valence-corrected chi connectivity index (χ2v) is 12.4. The number of carbonyl (C=O) groups excluding carboxylic acids is 2. The Hall–Kier alpha value is -6.28. The first kappa shape index (κ1) is 37.5. The van der Waals surface area contributed by atoms with Crippen LogP contribution in [0.3, 0.4) is 0 Å². The standard InChI is InChI=1S/C39H30ClF4N5O5/c1-3-31(48-21-33(53-2)29(20-35(48)50)28-18-25(40)14-17-32(28)49-22-34(46-47-49)39(42,43)44)37(51)45-26-15-16-27(30(41)19-26)38(52)54-36(23-10-6-4-7-11-23)24-12-8-5-9-13-24/h4-22,31,36H,3H2,1-2H3,(H,45,51). The van der Waals surface area contributed by atoms with Gasteiger partial charge in [0.2, 0.25) is 5.91 Å². The van der Waals surface area contributed by atoms with Crippen LogP contribution in [0.15, 0.2) is 120 Å². The summed E-state index contributed by atoms with van der Waals surface area (Å²) in [4.78, 5) is 40.4. The van der Waals surface area contributed by atoms with Crippen LogP contribution >= 0.6 is 11.6 Å². The average Bonchev–Trinajstić information content (AvgIpc) is 3.67. The number of esters is 1. The minimum atomic E-state index is -4.74. The van der Waals surface area contributed by atoms with Crippen LogP contribution in [-0.2, 0) is 15.7 Å². The molecule has 0 saturated carbocycles. The largest absolute Gasteiger partial charge is 0.495 e. The lowest BCUT2D eigenvalue weighted by atomic mass is 10.0. The zero-order valence-corrected chi connectivity index (χ0v) is 29.3. The molecule has 2 aromatic heterocycles. The molecule has 0 radical (unpaired) electrons. The summed E-state index contributed by atoms with van der Waals surface area (Å²) < 4.78 is 68.6. The highest BCUT2D eigenvalue weighted by molar-refractivity contribution is 6.31. The van der Waals surface area contributed by atoms with E-state index in [1.807, 2.05) is 12.1 Å². The van der Waals surface area contributed by atoms with Crippen LogP contribution in [-0.4, -0.2) is 38.5 Å². The fraction of sp³-hybridized carbons (Fsp3) is 0.154. The minimum absolute atomic E-state index is 0.0152. The third-order valence-electron chi connectivity index (χ3n) is 8.45. The van der Waals surface area contributed by atoms with Gasteiger partial charge in [0.1, 0.15) is 17.6 Å². The summed E-state index contributed by atoms with van der Waals surface area (Å²) in [7, 11) is 1.31. The van der Waals surface area contributed by atoms with Crippen LogP contribution in [0.2, 0.25) is 5.02 Å². The van der Waals surface area contributed by atoms with Crippen LogP contribution in [0.5, 0.6) is 5.75 Å². The highest BCUT2D eigenvalue weighted by Gasteiger charge is 2.35. The normalized spacial score (nSPS) is 12.0. The Bertz CT molecular complexity index is 2330. The SMILES string of the molecule is CCC(C(=O)Nc1ccc(C(=O)OC(c2ccccc2)c2ccccc2)c(F)c1)n1cc(OC)c(-c2cc(Cl)ccc2-n2cc(C(F)(F)F)nn2)cc1=O. The zero-order valence-electron chi connectivity index (χ0n) is 28.6. The fourth-order valence-corrected chi connectivity index (χ4v) is 6.00. The number of rotatable bonds is 11. The monoisotopic (exact) mass is 759 g/mol. The summed E-state index contributed by atoms with van der Waals surface area (Å²) in [6.45, 7) is 1.66. The Balaban J connectivity index is 1.24. The molecule has 1 atom stereocenters. The number of pyridine rings is 1. The zero-order chi connectivity index (χ0) is 38.6. The number of hydrogen-bond donors (Lipinski definition) is 1. The number of alkyl halides is 3. The lowest BCUT2D eigenvalue weighted by Gasteiger charge is -2.21. The number of hydrogen-bond acceptors (Lipinski definition) is 7. The molecule has 10 nitrogen and oxygen atoms in total. The molecule has 4 aromatic carbocycles. The number of amides is 1. The van der Waals surface area contributed by atoms with Crippen LogP contribution in [0.25, 0.3) is 16.8 Å². The van der Waals surface area contributed by atoms with Crippen molar-refractivity contribution in [3.8, 4) is 22.6 Å². The van der Waals surface area contributed by atoms with Crippen molar-refractivity contribution in [2.75, 3.05) is 12.4 Å². The molecule has 6 rings (SSSR count). The van der Waals surface area contributed by atoms with Gasteiger partial charge in [0.25, 0.3) is 5.56 Å². The maximum atomic E-state index is 15.4. The van der Waals surface area contributed by atoms with Gasteiger partial charge in [0, 0.05) is 27.9 Å². The van der Waals surface area contributed by atoms with Gasteiger partial charge in [-0.15, -0.1) is 5.10 Å². The van der Waals surface area contributed by atoms with E-state index in [-0.39, 0.29) is 45.3 Å². The summed E-state index contributed by atoms with van der Waals surface area (Å²) in [5.74, 6) is -2.46. The van der Waals surface area contributed by atoms with E-state index in [0.29, 0.717) is 17.3 Å². The van der Waals surface area contributed by atoms with Gasteiger partial charge in [-0.3, -0.25) is 14.2 Å². The highest BCUT2D eigenvalue weighted by atomic mass is 35.5. The first-order valence-corrected chi connectivity index (χ1v) is 16.8. The number of methoxy groups -OCH3 is 1. The van der Waals surface area contributed by atoms with E-state index in [4.69, 9.17) is 21.1 Å². The molecule has 1 unspecified atom stereocenters. The second kappa shape index (κ2) is 15.8. The average molecular weight is 760 g/mol.